The molecule has 3 aromatic rings. The minimum absolute atomic E-state index is 0.00600. The number of hydrogen-bond acceptors (Lipinski definition) is 9. The molecule has 0 radical (unpaired) electrons. The Labute approximate surface area is 255 Å². The van der Waals surface area contributed by atoms with E-state index >= 15 is 0 Å². The molecule has 2 aliphatic rings. The number of benzene rings is 2. The summed E-state index contributed by atoms with van der Waals surface area (Å²) in [5, 5.41) is 12.6. The zero-order chi connectivity index (χ0) is 30.1. The average Bonchev–Trinajstić information content (AvgIpc) is 3.60. The maximum absolute atomic E-state index is 13.7. The van der Waals surface area contributed by atoms with Crippen LogP contribution in [0.1, 0.15) is 44.1 Å². The molecular weight excluding hydrogens is 682 g/mol. The molecule has 1 aliphatic carbocycles. The van der Waals surface area contributed by atoms with E-state index in [1.807, 2.05) is 0 Å². The zero-order valence-corrected chi connectivity index (χ0v) is 24.7. The highest BCUT2D eigenvalue weighted by Gasteiger charge is 2.54. The van der Waals surface area contributed by atoms with Crippen LogP contribution in [-0.4, -0.2) is 60.6 Å². The molecule has 2 aromatic carbocycles. The van der Waals surface area contributed by atoms with Crippen molar-refractivity contribution in [3.05, 3.63) is 93.9 Å². The first-order chi connectivity index (χ1) is 20.0. The van der Waals surface area contributed by atoms with Crippen LogP contribution in [-0.2, 0) is 9.59 Å². The summed E-state index contributed by atoms with van der Waals surface area (Å²) in [6, 6.07) is 13.1. The van der Waals surface area contributed by atoms with Crippen molar-refractivity contribution in [2.24, 2.45) is 11.8 Å². The van der Waals surface area contributed by atoms with Crippen LogP contribution in [0, 0.1) is 22.0 Å². The number of carbonyl (C=O) groups is 5. The summed E-state index contributed by atoms with van der Waals surface area (Å²) < 4.78 is 10.2. The molecule has 14 heteroatoms. The van der Waals surface area contributed by atoms with Crippen molar-refractivity contribution in [3.8, 4) is 5.75 Å². The second-order valence-corrected chi connectivity index (χ2v) is 12.0. The topological polar surface area (TPSA) is 157 Å². The van der Waals surface area contributed by atoms with Crippen molar-refractivity contribution in [3.63, 3.8) is 0 Å². The van der Waals surface area contributed by atoms with Gasteiger partial charge in [-0.05, 0) is 61.4 Å². The van der Waals surface area contributed by atoms with Crippen molar-refractivity contribution < 1.29 is 38.1 Å². The number of halogens is 2. The summed E-state index contributed by atoms with van der Waals surface area (Å²) in [7, 11) is 0. The summed E-state index contributed by atoms with van der Waals surface area (Å²) in [5.74, 6) is -4.63. The predicted molar refractivity (Wildman–Crippen MR) is 152 cm³/mol. The van der Waals surface area contributed by atoms with Crippen LogP contribution in [0.3, 0.4) is 0 Å². The highest BCUT2D eigenvalue weighted by Crippen LogP contribution is 2.43. The Balaban J connectivity index is 1.41. The quantitative estimate of drug-likeness (QED) is 0.0624. The number of esters is 1. The van der Waals surface area contributed by atoms with Gasteiger partial charge in [0.1, 0.15) is 12.3 Å². The van der Waals surface area contributed by atoms with E-state index in [-0.39, 0.29) is 38.0 Å². The first kappa shape index (κ1) is 29.3. The lowest BCUT2D eigenvalue weighted by atomic mass is 9.81. The summed E-state index contributed by atoms with van der Waals surface area (Å²) in [6.07, 6.45) is 2.03. The number of rotatable bonds is 8. The Morgan fingerprint density at radius 3 is 2.02 bits per heavy atom. The first-order valence-corrected chi connectivity index (χ1v) is 14.5. The second-order valence-electron chi connectivity index (χ2n) is 9.69. The third kappa shape index (κ3) is 5.77. The van der Waals surface area contributed by atoms with Gasteiger partial charge >= 0.3 is 5.97 Å². The third-order valence-electron chi connectivity index (χ3n) is 7.09. The maximum atomic E-state index is 13.7. The van der Waals surface area contributed by atoms with Crippen molar-refractivity contribution in [2.45, 2.75) is 22.5 Å². The number of hydrogen-bond donors (Lipinski definition) is 0. The molecule has 1 aliphatic heterocycles. The molecule has 12 nitrogen and oxygen atoms in total. The Hall–Kier alpha value is -4.17. The van der Waals surface area contributed by atoms with Gasteiger partial charge in [-0.1, -0.05) is 31.9 Å². The molecule has 0 unspecified atom stereocenters. The molecule has 0 bridgehead atoms. The van der Waals surface area contributed by atoms with Gasteiger partial charge in [-0.3, -0.25) is 29.3 Å². The first-order valence-electron chi connectivity index (χ1n) is 12.7. The molecule has 216 valence electrons. The van der Waals surface area contributed by atoms with Crippen LogP contribution >= 0.6 is 31.9 Å². The van der Waals surface area contributed by atoms with Gasteiger partial charge in [-0.15, -0.1) is 0 Å². The minimum atomic E-state index is -0.853. The summed E-state index contributed by atoms with van der Waals surface area (Å²) in [4.78, 5) is 76.5. The number of ether oxygens (including phenoxy) is 1. The Bertz CT molecular complexity index is 1530. The summed E-state index contributed by atoms with van der Waals surface area (Å²) in [5.41, 5.74) is -0.194. The smallest absolute Gasteiger partial charge is 0.379 e. The van der Waals surface area contributed by atoms with Crippen molar-refractivity contribution in [2.75, 3.05) is 6.54 Å². The Kier molecular flexibility index (Phi) is 8.36. The monoisotopic (exact) mass is 701 g/mol. The van der Waals surface area contributed by atoms with E-state index in [1.54, 1.807) is 0 Å². The number of fused-ring (bicyclic) bond motifs is 1. The average molecular weight is 703 g/mol. The number of imide groups is 1. The number of alkyl halides is 2. The molecule has 0 N–H and O–H groups in total. The van der Waals surface area contributed by atoms with Crippen molar-refractivity contribution in [1.29, 1.82) is 0 Å². The molecule has 0 spiro atoms. The number of nitro benzene ring substituents is 1. The number of ketones is 1. The molecule has 1 saturated heterocycles. The largest absolute Gasteiger partial charge is 0.457 e. The highest BCUT2D eigenvalue weighted by molar-refractivity contribution is 9.12. The molecule has 1 saturated carbocycles. The molecule has 1 aromatic heterocycles. The van der Waals surface area contributed by atoms with Gasteiger partial charge < -0.3 is 9.15 Å². The van der Waals surface area contributed by atoms with Crippen molar-refractivity contribution >= 4 is 67.0 Å². The molecule has 4 atom stereocenters. The van der Waals surface area contributed by atoms with Crippen LogP contribution in [0.5, 0.6) is 5.75 Å². The third-order valence-corrected chi connectivity index (χ3v) is 9.83. The molecular formula is C28H21Br2N3O9. The second kappa shape index (κ2) is 12.0. The number of nitrogens with zero attached hydrogens (tertiary/aromatic N) is 3. The van der Waals surface area contributed by atoms with E-state index < -0.39 is 52.8 Å². The van der Waals surface area contributed by atoms with E-state index in [9.17, 15) is 34.1 Å². The molecule has 2 fully saturated rings. The van der Waals surface area contributed by atoms with E-state index in [4.69, 9.17) is 9.15 Å². The number of Topliss-reactive ketones (excluding diaryl/α,β-unsaturated/α-hetero) is 1. The van der Waals surface area contributed by atoms with Gasteiger partial charge in [0.2, 0.25) is 5.76 Å². The zero-order valence-electron chi connectivity index (χ0n) is 21.6. The Morgan fingerprint density at radius 2 is 1.50 bits per heavy atom. The lowest BCUT2D eigenvalue weighted by molar-refractivity contribution is -0.384. The van der Waals surface area contributed by atoms with Crippen LogP contribution in [0.2, 0.25) is 0 Å². The lowest BCUT2D eigenvalue weighted by Crippen LogP contribution is -2.52. The van der Waals surface area contributed by atoms with E-state index in [0.29, 0.717) is 12.8 Å². The number of non-ortho nitro benzene ring substituents is 1. The normalized spacial score (nSPS) is 21.5. The van der Waals surface area contributed by atoms with Crippen LogP contribution in [0.25, 0.3) is 0 Å². The predicted octanol–water partition coefficient (Wildman–Crippen LogP) is 4.57. The molecule has 42 heavy (non-hydrogen) atoms. The van der Waals surface area contributed by atoms with E-state index in [1.165, 1.54) is 54.8 Å². The molecule has 5 rings (SSSR count). The van der Waals surface area contributed by atoms with E-state index in [2.05, 4.69) is 31.9 Å². The summed E-state index contributed by atoms with van der Waals surface area (Å²) in [6.45, 7) is -0.673. The van der Waals surface area contributed by atoms with Gasteiger partial charge in [-0.25, -0.2) is 9.80 Å². The standard InChI is InChI=1S/C28H21Br2N3O9/c29-21-12-19-20(13-22(21)30)27(37)32(26(19)36)31(25(35)16-3-7-17(8-4-16)33(39)40)14-23(34)15-5-9-18(10-6-15)42-28(38)24-2-1-11-41-24/h1-11,19-22H,12-14H2/t19-,20+,21+,22-. The summed E-state index contributed by atoms with van der Waals surface area (Å²) >= 11 is 7.05. The van der Waals surface area contributed by atoms with Gasteiger partial charge in [0.15, 0.2) is 5.78 Å². The van der Waals surface area contributed by atoms with Gasteiger partial charge in [0, 0.05) is 32.9 Å². The van der Waals surface area contributed by atoms with Crippen LogP contribution < -0.4 is 4.74 Å². The number of hydrazine groups is 1. The number of furan rings is 1. The van der Waals surface area contributed by atoms with Gasteiger partial charge in [-0.2, -0.15) is 5.01 Å². The lowest BCUT2D eigenvalue weighted by Gasteiger charge is -2.30. The van der Waals surface area contributed by atoms with Gasteiger partial charge in [0.05, 0.1) is 23.0 Å². The molecule has 3 amide bonds. The van der Waals surface area contributed by atoms with E-state index in [0.717, 1.165) is 22.2 Å². The Morgan fingerprint density at radius 1 is 0.929 bits per heavy atom. The molecule has 2 heterocycles. The highest BCUT2D eigenvalue weighted by atomic mass is 79.9. The fourth-order valence-corrected chi connectivity index (χ4v) is 6.15. The fourth-order valence-electron chi connectivity index (χ4n) is 4.91. The fraction of sp³-hybridized carbons (Fsp3) is 0.250. The minimum Gasteiger partial charge on any atom is -0.457 e. The van der Waals surface area contributed by atoms with Crippen molar-refractivity contribution in [1.82, 2.24) is 10.0 Å². The van der Waals surface area contributed by atoms with Crippen LogP contribution in [0.4, 0.5) is 5.69 Å². The number of amides is 3. The van der Waals surface area contributed by atoms with Crippen LogP contribution in [0.15, 0.2) is 71.3 Å². The maximum Gasteiger partial charge on any atom is 0.379 e. The SMILES string of the molecule is O=C(CN(C(=O)c1ccc([N+](=O)[O-])cc1)N1C(=O)[C@H]2C[C@@H](Br)[C@@H](Br)C[C@H]2C1=O)c1ccc(OC(=O)c2ccco2)cc1. The number of nitro groups is 1. The number of carbonyl (C=O) groups excluding carboxylic acids is 5. The van der Waals surface area contributed by atoms with Gasteiger partial charge in [0.25, 0.3) is 23.4 Å².